The van der Waals surface area contributed by atoms with Gasteiger partial charge in [0.25, 0.3) is 5.91 Å². The van der Waals surface area contributed by atoms with Crippen LogP contribution in [0.15, 0.2) is 41.1 Å². The number of piperidine rings is 1. The number of hydrogen-bond acceptors (Lipinski definition) is 6. The molecule has 1 atom stereocenters. The van der Waals surface area contributed by atoms with E-state index in [2.05, 4.69) is 10.1 Å². The highest BCUT2D eigenvalue weighted by molar-refractivity contribution is 5.94. The Kier molecular flexibility index (Phi) is 5.53. The molecule has 0 radical (unpaired) electrons. The van der Waals surface area contributed by atoms with Gasteiger partial charge >= 0.3 is 0 Å². The van der Waals surface area contributed by atoms with Crippen LogP contribution < -0.4 is 4.90 Å². The number of aryl methyl sites for hydroxylation is 1. The van der Waals surface area contributed by atoms with Gasteiger partial charge in [-0.1, -0.05) is 23.4 Å². The fourth-order valence-corrected chi connectivity index (χ4v) is 3.90. The fourth-order valence-electron chi connectivity index (χ4n) is 3.90. The summed E-state index contributed by atoms with van der Waals surface area (Å²) in [7, 11) is 3.83. The molecule has 30 heavy (non-hydrogen) atoms. The number of likely N-dealkylation sites (tertiary alicyclic amines) is 1. The van der Waals surface area contributed by atoms with Crippen LogP contribution in [-0.2, 0) is 0 Å². The molecule has 4 rings (SSSR count). The third kappa shape index (κ3) is 3.67. The molecule has 1 fully saturated rings. The van der Waals surface area contributed by atoms with Gasteiger partial charge < -0.3 is 14.3 Å². The average Bonchev–Trinajstić information content (AvgIpc) is 3.11. The minimum Gasteiger partial charge on any atom is -0.356 e. The largest absolute Gasteiger partial charge is 0.356 e. The van der Waals surface area contributed by atoms with Crippen LogP contribution in [0, 0.1) is 13.8 Å². The molecule has 2 aromatic heterocycles. The van der Waals surface area contributed by atoms with E-state index in [-0.39, 0.29) is 11.9 Å². The van der Waals surface area contributed by atoms with E-state index >= 15 is 0 Å². The standard InChI is InChI=1S/C23H27N5O2/c1-15-16(2)26-30-21(15)18-14-24-23(27(3)4)25-20(18)19-12-8-9-13-28(19)22(29)17-10-6-5-7-11-17/h5-7,10-11,14,19H,8-9,12-13H2,1-4H3/t19-/m0/s1. The molecule has 0 aliphatic carbocycles. The van der Waals surface area contributed by atoms with E-state index in [1.807, 2.05) is 68.1 Å². The second-order valence-electron chi connectivity index (χ2n) is 7.96. The number of nitrogens with zero attached hydrogens (tertiary/aromatic N) is 5. The first-order valence-electron chi connectivity index (χ1n) is 10.3. The topological polar surface area (TPSA) is 75.4 Å². The highest BCUT2D eigenvalue weighted by Crippen LogP contribution is 2.38. The Morgan fingerprint density at radius 1 is 1.17 bits per heavy atom. The molecule has 7 nitrogen and oxygen atoms in total. The molecular weight excluding hydrogens is 378 g/mol. The Morgan fingerprint density at radius 2 is 1.93 bits per heavy atom. The van der Waals surface area contributed by atoms with Gasteiger partial charge in [-0.2, -0.15) is 0 Å². The molecule has 7 heteroatoms. The molecule has 1 saturated heterocycles. The Hall–Kier alpha value is -3.22. The van der Waals surface area contributed by atoms with Gasteiger partial charge in [-0.15, -0.1) is 0 Å². The number of rotatable bonds is 4. The molecule has 1 aliphatic heterocycles. The first-order valence-corrected chi connectivity index (χ1v) is 10.3. The van der Waals surface area contributed by atoms with Crippen LogP contribution in [0.5, 0.6) is 0 Å². The number of carbonyl (C=O) groups is 1. The molecule has 0 bridgehead atoms. The van der Waals surface area contributed by atoms with Crippen molar-refractivity contribution in [3.8, 4) is 11.3 Å². The molecule has 0 spiro atoms. The summed E-state index contributed by atoms with van der Waals surface area (Å²) in [5.41, 5.74) is 4.12. The molecule has 0 N–H and O–H groups in total. The zero-order chi connectivity index (χ0) is 21.3. The maximum absolute atomic E-state index is 13.4. The van der Waals surface area contributed by atoms with Crippen molar-refractivity contribution in [2.45, 2.75) is 39.2 Å². The van der Waals surface area contributed by atoms with Gasteiger partial charge in [-0.25, -0.2) is 9.97 Å². The van der Waals surface area contributed by atoms with E-state index < -0.39 is 0 Å². The first-order chi connectivity index (χ1) is 14.5. The third-order valence-electron chi connectivity index (χ3n) is 5.71. The van der Waals surface area contributed by atoms with Crippen molar-refractivity contribution < 1.29 is 9.32 Å². The zero-order valence-electron chi connectivity index (χ0n) is 17.9. The molecule has 3 aromatic rings. The van der Waals surface area contributed by atoms with E-state index in [4.69, 9.17) is 9.51 Å². The lowest BCUT2D eigenvalue weighted by atomic mass is 9.94. The summed E-state index contributed by atoms with van der Waals surface area (Å²) in [6.45, 7) is 4.61. The van der Waals surface area contributed by atoms with Gasteiger partial charge in [-0.05, 0) is 45.2 Å². The maximum Gasteiger partial charge on any atom is 0.254 e. The number of carbonyl (C=O) groups excluding carboxylic acids is 1. The minimum atomic E-state index is -0.145. The molecule has 1 aliphatic rings. The van der Waals surface area contributed by atoms with Gasteiger partial charge in [0.15, 0.2) is 5.76 Å². The number of benzene rings is 1. The minimum absolute atomic E-state index is 0.0294. The van der Waals surface area contributed by atoms with Gasteiger partial charge in [-0.3, -0.25) is 4.79 Å². The summed E-state index contributed by atoms with van der Waals surface area (Å²) in [5.74, 6) is 1.31. The molecule has 3 heterocycles. The van der Waals surface area contributed by atoms with E-state index in [0.717, 1.165) is 41.8 Å². The third-order valence-corrected chi connectivity index (χ3v) is 5.71. The Bertz CT molecular complexity index is 1050. The lowest BCUT2D eigenvalue weighted by Crippen LogP contribution is -2.39. The van der Waals surface area contributed by atoms with Crippen LogP contribution in [-0.4, -0.2) is 46.6 Å². The quantitative estimate of drug-likeness (QED) is 0.648. The van der Waals surface area contributed by atoms with Gasteiger partial charge in [0, 0.05) is 38.0 Å². The predicted octanol–water partition coefficient (Wildman–Crippen LogP) is 4.18. The molecule has 0 unspecified atom stereocenters. The summed E-state index contributed by atoms with van der Waals surface area (Å²) in [6.07, 6.45) is 4.67. The van der Waals surface area contributed by atoms with Crippen molar-refractivity contribution in [2.24, 2.45) is 0 Å². The van der Waals surface area contributed by atoms with Crippen molar-refractivity contribution >= 4 is 11.9 Å². The highest BCUT2D eigenvalue weighted by atomic mass is 16.5. The number of aromatic nitrogens is 3. The van der Waals surface area contributed by atoms with Crippen LogP contribution in [0.25, 0.3) is 11.3 Å². The summed E-state index contributed by atoms with van der Waals surface area (Å²) in [6, 6.07) is 9.30. The SMILES string of the molecule is Cc1noc(-c2cnc(N(C)C)nc2[C@@H]2CCCCN2C(=O)c2ccccc2)c1C. The van der Waals surface area contributed by atoms with E-state index in [1.54, 1.807) is 6.20 Å². The lowest BCUT2D eigenvalue weighted by Gasteiger charge is -2.36. The number of amides is 1. The van der Waals surface area contributed by atoms with Crippen LogP contribution in [0.1, 0.15) is 52.6 Å². The summed E-state index contributed by atoms with van der Waals surface area (Å²) in [5, 5.41) is 4.12. The van der Waals surface area contributed by atoms with E-state index in [9.17, 15) is 4.79 Å². The van der Waals surface area contributed by atoms with Gasteiger partial charge in [0.05, 0.1) is 23.0 Å². The fraction of sp³-hybridized carbons (Fsp3) is 0.391. The van der Waals surface area contributed by atoms with Crippen molar-refractivity contribution in [3.63, 3.8) is 0 Å². The van der Waals surface area contributed by atoms with Gasteiger partial charge in [0.1, 0.15) is 0 Å². The van der Waals surface area contributed by atoms with E-state index in [0.29, 0.717) is 23.8 Å². The van der Waals surface area contributed by atoms with Crippen LogP contribution in [0.3, 0.4) is 0 Å². The van der Waals surface area contributed by atoms with Gasteiger partial charge in [0.2, 0.25) is 5.95 Å². The van der Waals surface area contributed by atoms with Crippen molar-refractivity contribution in [1.82, 2.24) is 20.0 Å². The van der Waals surface area contributed by atoms with Crippen molar-refractivity contribution in [2.75, 3.05) is 25.5 Å². The molecular formula is C23H27N5O2. The summed E-state index contributed by atoms with van der Waals surface area (Å²) >= 11 is 0. The number of hydrogen-bond donors (Lipinski definition) is 0. The highest BCUT2D eigenvalue weighted by Gasteiger charge is 2.33. The van der Waals surface area contributed by atoms with E-state index in [1.165, 1.54) is 0 Å². The molecule has 1 aromatic carbocycles. The van der Waals surface area contributed by atoms with Crippen LogP contribution in [0.4, 0.5) is 5.95 Å². The zero-order valence-corrected chi connectivity index (χ0v) is 17.9. The van der Waals surface area contributed by atoms with Crippen LogP contribution in [0.2, 0.25) is 0 Å². The normalized spacial score (nSPS) is 16.5. The maximum atomic E-state index is 13.4. The van der Waals surface area contributed by atoms with Crippen molar-refractivity contribution in [3.05, 3.63) is 59.0 Å². The second-order valence-corrected chi connectivity index (χ2v) is 7.96. The first kappa shape index (κ1) is 20.1. The predicted molar refractivity (Wildman–Crippen MR) is 115 cm³/mol. The summed E-state index contributed by atoms with van der Waals surface area (Å²) in [4.78, 5) is 26.6. The van der Waals surface area contributed by atoms with Crippen LogP contribution >= 0.6 is 0 Å². The Labute approximate surface area is 176 Å². The lowest BCUT2D eigenvalue weighted by molar-refractivity contribution is 0.0606. The average molecular weight is 406 g/mol. The molecule has 0 saturated carbocycles. The number of anilines is 1. The Balaban J connectivity index is 1.82. The smallest absolute Gasteiger partial charge is 0.254 e. The monoisotopic (exact) mass is 405 g/mol. The molecule has 156 valence electrons. The Morgan fingerprint density at radius 3 is 2.60 bits per heavy atom. The second kappa shape index (κ2) is 8.26. The molecule has 1 amide bonds. The summed E-state index contributed by atoms with van der Waals surface area (Å²) < 4.78 is 5.65. The van der Waals surface area contributed by atoms with Crippen molar-refractivity contribution in [1.29, 1.82) is 0 Å².